The molecular formula is C20H18N2O3. The number of nitrogens with zero attached hydrogens (tertiary/aromatic N) is 2. The zero-order chi connectivity index (χ0) is 17.8. The molecule has 25 heavy (non-hydrogen) atoms. The van der Waals surface area contributed by atoms with Crippen molar-refractivity contribution in [1.29, 1.82) is 0 Å². The highest BCUT2D eigenvalue weighted by atomic mass is 16.2. The minimum Gasteiger partial charge on any atom is -0.308 e. The van der Waals surface area contributed by atoms with Crippen molar-refractivity contribution >= 4 is 17.6 Å². The number of ketones is 1. The third-order valence-electron chi connectivity index (χ3n) is 3.97. The van der Waals surface area contributed by atoms with E-state index in [-0.39, 0.29) is 24.1 Å². The van der Waals surface area contributed by atoms with Crippen LogP contribution in [0.25, 0.3) is 0 Å². The van der Waals surface area contributed by atoms with Crippen LogP contribution in [-0.2, 0) is 9.59 Å². The molecule has 5 heteroatoms. The maximum Gasteiger partial charge on any atom is 0.258 e. The topological polar surface area (TPSA) is 57.7 Å². The summed E-state index contributed by atoms with van der Waals surface area (Å²) in [6.45, 7) is 1.42. The van der Waals surface area contributed by atoms with Gasteiger partial charge in [-0.25, -0.2) is 0 Å². The minimum absolute atomic E-state index is 0.00790. The summed E-state index contributed by atoms with van der Waals surface area (Å²) < 4.78 is 0. The quantitative estimate of drug-likeness (QED) is 0.864. The van der Waals surface area contributed by atoms with Crippen molar-refractivity contribution in [2.24, 2.45) is 0 Å². The number of hydrogen-bond acceptors (Lipinski definition) is 3. The first-order valence-electron chi connectivity index (χ1n) is 7.99. The first-order valence-corrected chi connectivity index (χ1v) is 7.99. The number of benzene rings is 2. The standard InChI is InChI=1S/C20H18N2O3/c1-15(23)14-21-12-13-22(19(24)17-10-6-3-7-11-17)18(20(21)25)16-8-4-2-5-9-16/h2-13,18H,14H2,1H3. The molecule has 1 aliphatic heterocycles. The van der Waals surface area contributed by atoms with E-state index in [1.807, 2.05) is 24.3 Å². The highest BCUT2D eigenvalue weighted by molar-refractivity contribution is 6.00. The zero-order valence-corrected chi connectivity index (χ0v) is 13.8. The summed E-state index contributed by atoms with van der Waals surface area (Å²) in [6.07, 6.45) is 3.06. The molecule has 1 aliphatic rings. The summed E-state index contributed by atoms with van der Waals surface area (Å²) in [5.74, 6) is -0.678. The largest absolute Gasteiger partial charge is 0.308 e. The Kier molecular flexibility index (Phi) is 4.75. The van der Waals surface area contributed by atoms with Crippen LogP contribution in [0, 0.1) is 0 Å². The van der Waals surface area contributed by atoms with Gasteiger partial charge in [-0.2, -0.15) is 0 Å². The predicted molar refractivity (Wildman–Crippen MR) is 93.3 cm³/mol. The van der Waals surface area contributed by atoms with Crippen molar-refractivity contribution in [3.63, 3.8) is 0 Å². The molecule has 2 aromatic rings. The van der Waals surface area contributed by atoms with E-state index < -0.39 is 6.04 Å². The Hall–Kier alpha value is -3.21. The summed E-state index contributed by atoms with van der Waals surface area (Å²) in [6, 6.07) is 17.1. The van der Waals surface area contributed by atoms with Gasteiger partial charge in [0.1, 0.15) is 11.8 Å². The molecule has 0 aromatic heterocycles. The minimum atomic E-state index is -0.793. The average molecular weight is 334 g/mol. The van der Waals surface area contributed by atoms with Crippen LogP contribution in [-0.4, -0.2) is 33.9 Å². The highest BCUT2D eigenvalue weighted by Crippen LogP contribution is 2.29. The molecule has 0 radical (unpaired) electrons. The van der Waals surface area contributed by atoms with Crippen molar-refractivity contribution in [2.45, 2.75) is 13.0 Å². The van der Waals surface area contributed by atoms with Crippen LogP contribution < -0.4 is 0 Å². The van der Waals surface area contributed by atoms with E-state index in [1.165, 1.54) is 22.9 Å². The van der Waals surface area contributed by atoms with Gasteiger partial charge in [-0.15, -0.1) is 0 Å². The van der Waals surface area contributed by atoms with E-state index in [9.17, 15) is 14.4 Å². The molecule has 3 rings (SSSR count). The maximum absolute atomic E-state index is 12.9. The lowest BCUT2D eigenvalue weighted by molar-refractivity contribution is -0.137. The van der Waals surface area contributed by atoms with Crippen LogP contribution in [0.5, 0.6) is 0 Å². The number of Topliss-reactive ketones (excluding diaryl/α,β-unsaturated/α-hetero) is 1. The lowest BCUT2D eigenvalue weighted by Crippen LogP contribution is -2.46. The Bertz CT molecular complexity index is 815. The molecule has 1 unspecified atom stereocenters. The monoisotopic (exact) mass is 334 g/mol. The fraction of sp³-hybridized carbons (Fsp3) is 0.150. The molecule has 0 fully saturated rings. The van der Waals surface area contributed by atoms with Gasteiger partial charge in [0.05, 0.1) is 6.54 Å². The second-order valence-corrected chi connectivity index (χ2v) is 5.86. The van der Waals surface area contributed by atoms with Crippen molar-refractivity contribution < 1.29 is 14.4 Å². The van der Waals surface area contributed by atoms with Gasteiger partial charge in [0.15, 0.2) is 0 Å². The molecule has 0 spiro atoms. The van der Waals surface area contributed by atoms with Gasteiger partial charge < -0.3 is 4.90 Å². The van der Waals surface area contributed by atoms with Gasteiger partial charge in [0.2, 0.25) is 0 Å². The molecule has 0 saturated carbocycles. The van der Waals surface area contributed by atoms with Crippen LogP contribution in [0.2, 0.25) is 0 Å². The van der Waals surface area contributed by atoms with Gasteiger partial charge >= 0.3 is 0 Å². The molecule has 2 aromatic carbocycles. The molecule has 126 valence electrons. The summed E-state index contributed by atoms with van der Waals surface area (Å²) in [5.41, 5.74) is 1.20. The summed E-state index contributed by atoms with van der Waals surface area (Å²) in [5, 5.41) is 0. The molecular weight excluding hydrogens is 316 g/mol. The molecule has 2 amide bonds. The molecule has 0 N–H and O–H groups in total. The lowest BCUT2D eigenvalue weighted by atomic mass is 10.0. The van der Waals surface area contributed by atoms with Crippen LogP contribution in [0.15, 0.2) is 73.1 Å². The van der Waals surface area contributed by atoms with Crippen LogP contribution >= 0.6 is 0 Å². The number of amides is 2. The van der Waals surface area contributed by atoms with Gasteiger partial charge in [-0.3, -0.25) is 19.3 Å². The molecule has 1 atom stereocenters. The van der Waals surface area contributed by atoms with Gasteiger partial charge in [-0.1, -0.05) is 48.5 Å². The van der Waals surface area contributed by atoms with Crippen molar-refractivity contribution in [3.05, 3.63) is 84.2 Å². The maximum atomic E-state index is 12.9. The first-order chi connectivity index (χ1) is 12.1. The van der Waals surface area contributed by atoms with Crippen molar-refractivity contribution in [3.8, 4) is 0 Å². The fourth-order valence-corrected chi connectivity index (χ4v) is 2.81. The van der Waals surface area contributed by atoms with Crippen LogP contribution in [0.1, 0.15) is 28.9 Å². The SMILES string of the molecule is CC(=O)CN1C=CN(C(=O)c2ccccc2)C(c2ccccc2)C1=O. The Balaban J connectivity index is 2.01. The predicted octanol–water partition coefficient (Wildman–Crippen LogP) is 2.77. The second-order valence-electron chi connectivity index (χ2n) is 5.86. The Morgan fingerprint density at radius 2 is 1.52 bits per heavy atom. The normalized spacial score (nSPS) is 16.8. The van der Waals surface area contributed by atoms with E-state index >= 15 is 0 Å². The van der Waals surface area contributed by atoms with E-state index in [4.69, 9.17) is 0 Å². The fourth-order valence-electron chi connectivity index (χ4n) is 2.81. The number of carbonyl (C=O) groups excluding carboxylic acids is 3. The highest BCUT2D eigenvalue weighted by Gasteiger charge is 2.36. The molecule has 1 heterocycles. The van der Waals surface area contributed by atoms with E-state index in [0.717, 1.165) is 0 Å². The van der Waals surface area contributed by atoms with Crippen LogP contribution in [0.4, 0.5) is 0 Å². The van der Waals surface area contributed by atoms with E-state index in [0.29, 0.717) is 11.1 Å². The molecule has 0 bridgehead atoms. The third kappa shape index (κ3) is 3.50. The Morgan fingerprint density at radius 3 is 2.12 bits per heavy atom. The smallest absolute Gasteiger partial charge is 0.258 e. The van der Waals surface area contributed by atoms with Crippen molar-refractivity contribution in [1.82, 2.24) is 9.80 Å². The molecule has 0 saturated heterocycles. The average Bonchev–Trinajstić information content (AvgIpc) is 2.64. The lowest BCUT2D eigenvalue weighted by Gasteiger charge is -2.35. The van der Waals surface area contributed by atoms with Gasteiger partial charge in [-0.05, 0) is 24.6 Å². The first kappa shape index (κ1) is 16.6. The summed E-state index contributed by atoms with van der Waals surface area (Å²) >= 11 is 0. The summed E-state index contributed by atoms with van der Waals surface area (Å²) in [7, 11) is 0. The van der Waals surface area contributed by atoms with Gasteiger partial charge in [0, 0.05) is 18.0 Å². The second kappa shape index (κ2) is 7.13. The number of rotatable bonds is 4. The number of hydrogen-bond donors (Lipinski definition) is 0. The Morgan fingerprint density at radius 1 is 0.920 bits per heavy atom. The van der Waals surface area contributed by atoms with Gasteiger partial charge in [0.25, 0.3) is 11.8 Å². The van der Waals surface area contributed by atoms with Crippen LogP contribution in [0.3, 0.4) is 0 Å². The third-order valence-corrected chi connectivity index (χ3v) is 3.97. The molecule has 5 nitrogen and oxygen atoms in total. The molecule has 0 aliphatic carbocycles. The summed E-state index contributed by atoms with van der Waals surface area (Å²) in [4.78, 5) is 40.0. The number of carbonyl (C=O) groups is 3. The Labute approximate surface area is 146 Å². The van der Waals surface area contributed by atoms with Crippen molar-refractivity contribution in [2.75, 3.05) is 6.54 Å². The zero-order valence-electron chi connectivity index (χ0n) is 13.8. The van der Waals surface area contributed by atoms with E-state index in [1.54, 1.807) is 42.6 Å². The van der Waals surface area contributed by atoms with E-state index in [2.05, 4.69) is 0 Å².